The first-order valence-corrected chi connectivity index (χ1v) is 7.52. The first-order chi connectivity index (χ1) is 9.38. The number of hydrogen-bond donors (Lipinski definition) is 0. The van der Waals surface area contributed by atoms with Crippen LogP contribution in [0.25, 0.3) is 0 Å². The van der Waals surface area contributed by atoms with Gasteiger partial charge >= 0.3 is 0 Å². The fourth-order valence-corrected chi connectivity index (χ4v) is 1.91. The minimum absolute atomic E-state index is 0.0495. The molecule has 5 nitrogen and oxygen atoms in total. The first kappa shape index (κ1) is 16.2. The van der Waals surface area contributed by atoms with Gasteiger partial charge in [0.05, 0.1) is 11.8 Å². The second-order valence-electron chi connectivity index (χ2n) is 4.32. The Morgan fingerprint density at radius 2 is 1.95 bits per heavy atom. The molecule has 6 heteroatoms. The van der Waals surface area contributed by atoms with E-state index < -0.39 is 27.9 Å². The van der Waals surface area contributed by atoms with Crippen molar-refractivity contribution in [2.24, 2.45) is 0 Å². The summed E-state index contributed by atoms with van der Waals surface area (Å²) < 4.78 is 27.8. The lowest BCUT2D eigenvalue weighted by Gasteiger charge is -2.20. The lowest BCUT2D eigenvalue weighted by molar-refractivity contribution is -0.120. The zero-order valence-electron chi connectivity index (χ0n) is 11.4. The Hall–Kier alpha value is -1.84. The molecule has 1 aromatic rings. The van der Waals surface area contributed by atoms with Gasteiger partial charge in [0.2, 0.25) is 0 Å². The van der Waals surface area contributed by atoms with Gasteiger partial charge in [-0.3, -0.25) is 13.9 Å². The number of carbonyl (C=O) groups excluding carboxylic acids is 1. The summed E-state index contributed by atoms with van der Waals surface area (Å²) in [6, 6.07) is 8.76. The van der Waals surface area contributed by atoms with Gasteiger partial charge in [0.1, 0.15) is 6.61 Å². The Labute approximate surface area is 119 Å². The molecule has 0 spiro atoms. The molecule has 1 rings (SSSR count). The molecule has 0 saturated carbocycles. The number of para-hydroxylation sites is 1. The molecule has 0 radical (unpaired) electrons. The maximum Gasteiger partial charge on any atom is 0.270 e. The Morgan fingerprint density at radius 1 is 1.35 bits per heavy atom. The molecule has 0 N–H and O–H groups in total. The number of rotatable bonds is 6. The molecule has 0 bridgehead atoms. The van der Waals surface area contributed by atoms with Gasteiger partial charge in [0.15, 0.2) is 0 Å². The van der Waals surface area contributed by atoms with Crippen molar-refractivity contribution in [1.82, 2.24) is 0 Å². The summed E-state index contributed by atoms with van der Waals surface area (Å²) >= 11 is 0. The molecule has 0 fully saturated rings. The van der Waals surface area contributed by atoms with E-state index in [0.29, 0.717) is 5.69 Å². The summed E-state index contributed by atoms with van der Waals surface area (Å²) in [6.45, 7) is 2.46. The van der Waals surface area contributed by atoms with Crippen LogP contribution >= 0.6 is 0 Å². The average Bonchev–Trinajstić information content (AvgIpc) is 2.43. The minimum atomic E-state index is -3.72. The molecule has 0 aromatic heterocycles. The van der Waals surface area contributed by atoms with E-state index in [1.54, 1.807) is 24.3 Å². The van der Waals surface area contributed by atoms with E-state index in [9.17, 15) is 13.2 Å². The third kappa shape index (κ3) is 4.37. The topological polar surface area (TPSA) is 63.7 Å². The number of carbonyl (C=O) groups is 1. The molecule has 0 saturated heterocycles. The van der Waals surface area contributed by atoms with Crippen LogP contribution in [-0.4, -0.2) is 32.7 Å². The van der Waals surface area contributed by atoms with Gasteiger partial charge in [-0.05, 0) is 26.0 Å². The monoisotopic (exact) mass is 295 g/mol. The normalized spacial score (nSPS) is 11.1. The quantitative estimate of drug-likeness (QED) is 0.588. The third-order valence-corrected chi connectivity index (χ3v) is 4.14. The van der Waals surface area contributed by atoms with E-state index in [2.05, 4.69) is 5.92 Å². The van der Waals surface area contributed by atoms with Crippen molar-refractivity contribution in [3.05, 3.63) is 30.3 Å². The van der Waals surface area contributed by atoms with Crippen LogP contribution in [0.2, 0.25) is 0 Å². The van der Waals surface area contributed by atoms with E-state index >= 15 is 0 Å². The van der Waals surface area contributed by atoms with Crippen molar-refractivity contribution >= 4 is 21.7 Å². The highest BCUT2D eigenvalue weighted by atomic mass is 32.2. The van der Waals surface area contributed by atoms with Crippen LogP contribution in [0.3, 0.4) is 0 Å². The fraction of sp³-hybridized carbons (Fsp3) is 0.357. The summed E-state index contributed by atoms with van der Waals surface area (Å²) in [5, 5.41) is -0.701. The number of hydrogen-bond acceptors (Lipinski definition) is 4. The molecule has 0 aliphatic heterocycles. The standard InChI is InChI=1S/C14H17NO4S/c1-4-10-15(13-8-6-5-7-9-13)14(16)11-19-20(17,18)12(2)3/h1,5-9,12H,10-11H2,2-3H3. The van der Waals surface area contributed by atoms with Crippen molar-refractivity contribution in [2.45, 2.75) is 19.1 Å². The number of benzene rings is 1. The van der Waals surface area contributed by atoms with Gasteiger partial charge in [-0.1, -0.05) is 24.1 Å². The lowest BCUT2D eigenvalue weighted by Crippen LogP contribution is -2.35. The maximum atomic E-state index is 12.0. The predicted octanol–water partition coefficient (Wildman–Crippen LogP) is 1.41. The van der Waals surface area contributed by atoms with Gasteiger partial charge in [-0.2, -0.15) is 8.42 Å². The number of amides is 1. The Kier molecular flexibility index (Phi) is 5.74. The largest absolute Gasteiger partial charge is 0.299 e. The van der Waals surface area contributed by atoms with Crippen molar-refractivity contribution in [2.75, 3.05) is 18.1 Å². The van der Waals surface area contributed by atoms with Crippen LogP contribution in [0.1, 0.15) is 13.8 Å². The molecule has 0 aliphatic rings. The van der Waals surface area contributed by atoms with Crippen LogP contribution in [0.4, 0.5) is 5.69 Å². The predicted molar refractivity (Wildman–Crippen MR) is 77.6 cm³/mol. The average molecular weight is 295 g/mol. The summed E-state index contributed by atoms with van der Waals surface area (Å²) in [5.41, 5.74) is 0.598. The highest BCUT2D eigenvalue weighted by Gasteiger charge is 2.21. The second kappa shape index (κ2) is 7.08. The molecule has 1 aromatic carbocycles. The van der Waals surface area contributed by atoms with Gasteiger partial charge in [-0.25, -0.2) is 0 Å². The highest BCUT2D eigenvalue weighted by molar-refractivity contribution is 7.87. The van der Waals surface area contributed by atoms with Crippen molar-refractivity contribution in [1.29, 1.82) is 0 Å². The van der Waals surface area contributed by atoms with Crippen molar-refractivity contribution in [3.63, 3.8) is 0 Å². The van der Waals surface area contributed by atoms with E-state index in [0.717, 1.165) is 0 Å². The van der Waals surface area contributed by atoms with E-state index in [4.69, 9.17) is 10.6 Å². The molecule has 0 aliphatic carbocycles. The van der Waals surface area contributed by atoms with Crippen LogP contribution in [-0.2, 0) is 19.1 Å². The van der Waals surface area contributed by atoms with E-state index in [1.807, 2.05) is 6.07 Å². The zero-order chi connectivity index (χ0) is 15.2. The molecule has 1 amide bonds. The fourth-order valence-electron chi connectivity index (χ4n) is 1.37. The second-order valence-corrected chi connectivity index (χ2v) is 6.49. The molecular formula is C14H17NO4S. The Bertz CT molecular complexity index is 587. The number of anilines is 1. The molecule has 0 heterocycles. The summed E-state index contributed by atoms with van der Waals surface area (Å²) in [7, 11) is -3.72. The van der Waals surface area contributed by atoms with Crippen LogP contribution in [0.15, 0.2) is 30.3 Å². The highest BCUT2D eigenvalue weighted by Crippen LogP contribution is 2.13. The number of terminal acetylenes is 1. The van der Waals surface area contributed by atoms with Gasteiger partial charge < -0.3 is 0 Å². The SMILES string of the molecule is C#CCN(C(=O)COS(=O)(=O)C(C)C)c1ccccc1. The smallest absolute Gasteiger partial charge is 0.270 e. The molecule has 20 heavy (non-hydrogen) atoms. The first-order valence-electron chi connectivity index (χ1n) is 6.05. The summed E-state index contributed by atoms with van der Waals surface area (Å²) in [6.07, 6.45) is 5.23. The van der Waals surface area contributed by atoms with Crippen molar-refractivity contribution < 1.29 is 17.4 Å². The van der Waals surface area contributed by atoms with Crippen molar-refractivity contribution in [3.8, 4) is 12.3 Å². The molecule has 0 unspecified atom stereocenters. The molecule has 108 valence electrons. The Balaban J connectivity index is 2.80. The molecule has 0 atom stereocenters. The summed E-state index contributed by atoms with van der Waals surface area (Å²) in [4.78, 5) is 13.3. The number of nitrogens with zero attached hydrogens (tertiary/aromatic N) is 1. The van der Waals surface area contributed by atoms with Crippen LogP contribution < -0.4 is 4.90 Å². The van der Waals surface area contributed by atoms with Crippen LogP contribution in [0.5, 0.6) is 0 Å². The van der Waals surface area contributed by atoms with Crippen LogP contribution in [0, 0.1) is 12.3 Å². The summed E-state index contributed by atoms with van der Waals surface area (Å²) in [5.74, 6) is 1.87. The van der Waals surface area contributed by atoms with Gasteiger partial charge in [0.25, 0.3) is 16.0 Å². The lowest BCUT2D eigenvalue weighted by atomic mass is 10.3. The van der Waals surface area contributed by atoms with E-state index in [-0.39, 0.29) is 6.54 Å². The van der Waals surface area contributed by atoms with Gasteiger partial charge in [0, 0.05) is 5.69 Å². The zero-order valence-corrected chi connectivity index (χ0v) is 12.3. The van der Waals surface area contributed by atoms with Gasteiger partial charge in [-0.15, -0.1) is 6.42 Å². The maximum absolute atomic E-state index is 12.0. The van der Waals surface area contributed by atoms with E-state index in [1.165, 1.54) is 18.7 Å². The minimum Gasteiger partial charge on any atom is -0.299 e. The molecular weight excluding hydrogens is 278 g/mol. The third-order valence-electron chi connectivity index (χ3n) is 2.54. The Morgan fingerprint density at radius 3 is 2.45 bits per heavy atom.